The lowest BCUT2D eigenvalue weighted by atomic mass is 10.2. The smallest absolute Gasteiger partial charge is 0.320 e. The number of amides is 2. The maximum atomic E-state index is 12.0. The fraction of sp³-hybridized carbons (Fsp3) is 0.700. The second-order valence-electron chi connectivity index (χ2n) is 3.74. The first-order chi connectivity index (χ1) is 7.27. The average molecular weight is 275 g/mol. The minimum atomic E-state index is 0.142. The quantitative estimate of drug-likeness (QED) is 0.670. The van der Waals surface area contributed by atoms with E-state index < -0.39 is 0 Å². The van der Waals surface area contributed by atoms with E-state index in [1.54, 1.807) is 0 Å². The van der Waals surface area contributed by atoms with Gasteiger partial charge in [-0.25, -0.2) is 4.79 Å². The van der Waals surface area contributed by atoms with Crippen molar-refractivity contribution >= 4 is 22.0 Å². The summed E-state index contributed by atoms with van der Waals surface area (Å²) in [5, 5.41) is 0. The molecule has 2 aliphatic heterocycles. The van der Waals surface area contributed by atoms with Crippen LogP contribution in [0.5, 0.6) is 0 Å². The number of ether oxygens (including phenoxy) is 1. The van der Waals surface area contributed by atoms with E-state index in [2.05, 4.69) is 22.0 Å². The summed E-state index contributed by atoms with van der Waals surface area (Å²) in [5.41, 5.74) is 0. The van der Waals surface area contributed by atoms with Gasteiger partial charge in [0.05, 0.1) is 19.8 Å². The molecule has 1 saturated heterocycles. The fourth-order valence-corrected chi connectivity index (χ4v) is 2.35. The molecule has 0 spiro atoms. The SMILES string of the molecule is O=C(N1CCOCC1)N1CCC=C(Br)C1. The van der Waals surface area contributed by atoms with E-state index in [9.17, 15) is 4.79 Å². The van der Waals surface area contributed by atoms with E-state index in [1.807, 2.05) is 9.80 Å². The van der Waals surface area contributed by atoms with E-state index in [1.165, 1.54) is 0 Å². The highest BCUT2D eigenvalue weighted by Gasteiger charge is 2.24. The van der Waals surface area contributed by atoms with Crippen LogP contribution in [0.2, 0.25) is 0 Å². The van der Waals surface area contributed by atoms with Gasteiger partial charge in [0.25, 0.3) is 0 Å². The Labute approximate surface area is 98.0 Å². The molecule has 0 aromatic heterocycles. The Bertz CT molecular complexity index is 275. The Morgan fingerprint density at radius 2 is 2.00 bits per heavy atom. The molecule has 0 radical (unpaired) electrons. The summed E-state index contributed by atoms with van der Waals surface area (Å²) in [7, 11) is 0. The highest BCUT2D eigenvalue weighted by Crippen LogP contribution is 2.16. The number of rotatable bonds is 0. The van der Waals surface area contributed by atoms with Crippen LogP contribution >= 0.6 is 15.9 Å². The lowest BCUT2D eigenvalue weighted by molar-refractivity contribution is 0.0440. The molecule has 0 aromatic rings. The standard InChI is InChI=1S/C10H15BrN2O2/c11-9-2-1-3-13(8-9)10(14)12-4-6-15-7-5-12/h2H,1,3-8H2. The molecule has 2 amide bonds. The van der Waals surface area contributed by atoms with E-state index >= 15 is 0 Å². The van der Waals surface area contributed by atoms with Gasteiger partial charge in [0.1, 0.15) is 0 Å². The van der Waals surface area contributed by atoms with Crippen LogP contribution in [0.4, 0.5) is 4.79 Å². The number of nitrogens with zero attached hydrogens (tertiary/aromatic N) is 2. The Balaban J connectivity index is 1.92. The van der Waals surface area contributed by atoms with Gasteiger partial charge in [0.15, 0.2) is 0 Å². The van der Waals surface area contributed by atoms with Gasteiger partial charge >= 0.3 is 6.03 Å². The van der Waals surface area contributed by atoms with E-state index in [4.69, 9.17) is 4.74 Å². The van der Waals surface area contributed by atoms with Crippen LogP contribution in [0.1, 0.15) is 6.42 Å². The summed E-state index contributed by atoms with van der Waals surface area (Å²) >= 11 is 3.44. The number of hydrogen-bond acceptors (Lipinski definition) is 2. The molecule has 4 nitrogen and oxygen atoms in total. The van der Waals surface area contributed by atoms with Crippen LogP contribution in [-0.4, -0.2) is 55.2 Å². The molecule has 0 N–H and O–H groups in total. The normalized spacial score (nSPS) is 22.6. The van der Waals surface area contributed by atoms with Gasteiger partial charge in [-0.1, -0.05) is 22.0 Å². The Kier molecular flexibility index (Phi) is 3.64. The second-order valence-corrected chi connectivity index (χ2v) is 4.76. The average Bonchev–Trinajstić information content (AvgIpc) is 2.29. The summed E-state index contributed by atoms with van der Waals surface area (Å²) in [6.07, 6.45) is 3.07. The first-order valence-corrected chi connectivity index (χ1v) is 6.03. The van der Waals surface area contributed by atoms with Gasteiger partial charge in [0, 0.05) is 24.1 Å². The number of carbonyl (C=O) groups is 1. The molecule has 0 aromatic carbocycles. The van der Waals surface area contributed by atoms with Crippen LogP contribution in [0.25, 0.3) is 0 Å². The van der Waals surface area contributed by atoms with E-state index in [0.29, 0.717) is 19.8 Å². The highest BCUT2D eigenvalue weighted by molar-refractivity contribution is 9.11. The topological polar surface area (TPSA) is 32.8 Å². The zero-order valence-corrected chi connectivity index (χ0v) is 10.2. The van der Waals surface area contributed by atoms with Gasteiger partial charge < -0.3 is 14.5 Å². The number of urea groups is 1. The molecule has 0 unspecified atom stereocenters. The largest absolute Gasteiger partial charge is 0.378 e. The molecule has 84 valence electrons. The van der Waals surface area contributed by atoms with Crippen LogP contribution in [-0.2, 0) is 4.74 Å². The number of halogens is 1. The summed E-state index contributed by atoms with van der Waals surface area (Å²) in [4.78, 5) is 15.8. The monoisotopic (exact) mass is 274 g/mol. The van der Waals surface area contributed by atoms with Crippen LogP contribution < -0.4 is 0 Å². The van der Waals surface area contributed by atoms with Crippen molar-refractivity contribution in [2.45, 2.75) is 6.42 Å². The van der Waals surface area contributed by atoms with Crippen LogP contribution in [0, 0.1) is 0 Å². The molecule has 1 fully saturated rings. The molecule has 0 saturated carbocycles. The first kappa shape index (κ1) is 11.0. The molecule has 2 heterocycles. The molecule has 5 heteroatoms. The summed E-state index contributed by atoms with van der Waals surface area (Å²) in [5.74, 6) is 0. The van der Waals surface area contributed by atoms with Crippen molar-refractivity contribution in [3.05, 3.63) is 10.6 Å². The van der Waals surface area contributed by atoms with Crippen molar-refractivity contribution in [3.63, 3.8) is 0 Å². The summed E-state index contributed by atoms with van der Waals surface area (Å²) < 4.78 is 6.33. The lowest BCUT2D eigenvalue weighted by Gasteiger charge is -2.34. The Morgan fingerprint density at radius 1 is 1.27 bits per heavy atom. The van der Waals surface area contributed by atoms with Gasteiger partial charge in [-0.15, -0.1) is 0 Å². The zero-order valence-electron chi connectivity index (χ0n) is 8.62. The fourth-order valence-electron chi connectivity index (χ4n) is 1.82. The predicted molar refractivity (Wildman–Crippen MR) is 61.0 cm³/mol. The van der Waals surface area contributed by atoms with Crippen molar-refractivity contribution in [1.82, 2.24) is 9.80 Å². The van der Waals surface area contributed by atoms with Crippen molar-refractivity contribution in [1.29, 1.82) is 0 Å². The first-order valence-electron chi connectivity index (χ1n) is 5.23. The Hall–Kier alpha value is -0.550. The van der Waals surface area contributed by atoms with Crippen molar-refractivity contribution < 1.29 is 9.53 Å². The second kappa shape index (κ2) is 4.99. The minimum Gasteiger partial charge on any atom is -0.378 e. The number of hydrogen-bond donors (Lipinski definition) is 0. The number of carbonyl (C=O) groups excluding carboxylic acids is 1. The molecule has 2 rings (SSSR count). The van der Waals surface area contributed by atoms with E-state index in [-0.39, 0.29) is 6.03 Å². The number of morpholine rings is 1. The third-order valence-corrected chi connectivity index (χ3v) is 3.23. The molecule has 0 atom stereocenters. The Morgan fingerprint density at radius 3 is 2.67 bits per heavy atom. The molecular weight excluding hydrogens is 260 g/mol. The van der Waals surface area contributed by atoms with E-state index in [0.717, 1.165) is 30.5 Å². The molecule has 0 aliphatic carbocycles. The predicted octanol–water partition coefficient (Wildman–Crippen LogP) is 1.42. The minimum absolute atomic E-state index is 0.142. The lowest BCUT2D eigenvalue weighted by Crippen LogP contribution is -2.49. The van der Waals surface area contributed by atoms with Gasteiger partial charge in [-0.3, -0.25) is 0 Å². The summed E-state index contributed by atoms with van der Waals surface area (Å²) in [6.45, 7) is 4.29. The zero-order chi connectivity index (χ0) is 10.7. The van der Waals surface area contributed by atoms with Crippen molar-refractivity contribution in [2.24, 2.45) is 0 Å². The maximum absolute atomic E-state index is 12.0. The molecule has 0 bridgehead atoms. The van der Waals surface area contributed by atoms with Crippen LogP contribution in [0.3, 0.4) is 0 Å². The van der Waals surface area contributed by atoms with Crippen molar-refractivity contribution in [2.75, 3.05) is 39.4 Å². The molecule has 2 aliphatic rings. The van der Waals surface area contributed by atoms with Gasteiger partial charge in [0.2, 0.25) is 0 Å². The van der Waals surface area contributed by atoms with Crippen molar-refractivity contribution in [3.8, 4) is 0 Å². The third kappa shape index (κ3) is 2.72. The maximum Gasteiger partial charge on any atom is 0.320 e. The van der Waals surface area contributed by atoms with Gasteiger partial charge in [-0.2, -0.15) is 0 Å². The van der Waals surface area contributed by atoms with Crippen LogP contribution in [0.15, 0.2) is 10.6 Å². The molecular formula is C10H15BrN2O2. The summed E-state index contributed by atoms with van der Waals surface area (Å²) in [6, 6.07) is 0.142. The molecule has 15 heavy (non-hydrogen) atoms. The third-order valence-electron chi connectivity index (χ3n) is 2.66. The van der Waals surface area contributed by atoms with Gasteiger partial charge in [-0.05, 0) is 6.42 Å². The highest BCUT2D eigenvalue weighted by atomic mass is 79.9.